The van der Waals surface area contributed by atoms with Crippen LogP contribution in [0.3, 0.4) is 0 Å². The number of hydrogen-bond donors (Lipinski definition) is 1. The molecule has 0 saturated heterocycles. The van der Waals surface area contributed by atoms with Crippen LogP contribution >= 0.6 is 0 Å². The van der Waals surface area contributed by atoms with E-state index in [0.717, 1.165) is 6.54 Å². The topological polar surface area (TPSA) is 12.0 Å². The number of hydrogen-bond acceptors (Lipinski definition) is 1. The van der Waals surface area contributed by atoms with E-state index < -0.39 is 0 Å². The minimum atomic E-state index is 0.607. The summed E-state index contributed by atoms with van der Waals surface area (Å²) in [5.74, 6) is 0. The van der Waals surface area contributed by atoms with Gasteiger partial charge in [0.2, 0.25) is 0 Å². The van der Waals surface area contributed by atoms with Crippen molar-refractivity contribution in [3.8, 4) is 0 Å². The molecule has 13 heavy (non-hydrogen) atoms. The van der Waals surface area contributed by atoms with Gasteiger partial charge < -0.3 is 5.32 Å². The van der Waals surface area contributed by atoms with E-state index in [4.69, 9.17) is 0 Å². The van der Waals surface area contributed by atoms with Gasteiger partial charge in [-0.25, -0.2) is 0 Å². The van der Waals surface area contributed by atoms with Crippen LogP contribution < -0.4 is 5.32 Å². The maximum absolute atomic E-state index is 3.42. The molecule has 0 unspecified atom stereocenters. The maximum atomic E-state index is 3.42. The highest BCUT2D eigenvalue weighted by atomic mass is 14.9. The molecule has 0 bridgehead atoms. The molecule has 0 aromatic heterocycles. The van der Waals surface area contributed by atoms with Crippen LogP contribution in [-0.2, 0) is 6.42 Å². The Morgan fingerprint density at radius 3 is 2.46 bits per heavy atom. The second-order valence-corrected chi connectivity index (χ2v) is 3.70. The molecule has 0 heterocycles. The number of nitrogens with one attached hydrogen (secondary N) is 1. The zero-order chi connectivity index (χ0) is 9.52. The molecule has 1 N–H and O–H groups in total. The van der Waals surface area contributed by atoms with Crippen LogP contribution in [0.4, 0.5) is 0 Å². The van der Waals surface area contributed by atoms with Gasteiger partial charge in [-0.1, -0.05) is 44.2 Å². The smallest absolute Gasteiger partial charge is 0.00103 e. The molecular formula is C12H19N. The molecule has 0 atom stereocenters. The fraction of sp³-hybridized carbons (Fsp3) is 0.500. The summed E-state index contributed by atoms with van der Waals surface area (Å²) in [7, 11) is 0. The average Bonchev–Trinajstić information content (AvgIpc) is 2.14. The van der Waals surface area contributed by atoms with Crippen molar-refractivity contribution in [2.24, 2.45) is 0 Å². The van der Waals surface area contributed by atoms with E-state index >= 15 is 0 Å². The SMILES string of the molecule is CC(C)NCCCc1ccccc1. The summed E-state index contributed by atoms with van der Waals surface area (Å²) in [5.41, 5.74) is 1.44. The monoisotopic (exact) mass is 177 g/mol. The summed E-state index contributed by atoms with van der Waals surface area (Å²) in [6, 6.07) is 11.3. The summed E-state index contributed by atoms with van der Waals surface area (Å²) in [5, 5.41) is 3.42. The van der Waals surface area contributed by atoms with Gasteiger partial charge in [0, 0.05) is 6.04 Å². The summed E-state index contributed by atoms with van der Waals surface area (Å²) in [6.07, 6.45) is 2.41. The number of benzene rings is 1. The van der Waals surface area contributed by atoms with Crippen molar-refractivity contribution in [3.63, 3.8) is 0 Å². The minimum absolute atomic E-state index is 0.607. The third-order valence-electron chi connectivity index (χ3n) is 2.04. The molecule has 0 spiro atoms. The van der Waals surface area contributed by atoms with Crippen molar-refractivity contribution in [1.29, 1.82) is 0 Å². The lowest BCUT2D eigenvalue weighted by Gasteiger charge is -2.07. The summed E-state index contributed by atoms with van der Waals surface area (Å²) >= 11 is 0. The molecule has 0 aliphatic heterocycles. The minimum Gasteiger partial charge on any atom is -0.315 e. The van der Waals surface area contributed by atoms with Crippen LogP contribution in [0.1, 0.15) is 25.8 Å². The van der Waals surface area contributed by atoms with E-state index in [9.17, 15) is 0 Å². The first kappa shape index (κ1) is 10.3. The standard InChI is InChI=1S/C12H19N/c1-11(2)13-10-6-9-12-7-4-3-5-8-12/h3-5,7-8,11,13H,6,9-10H2,1-2H3. The Morgan fingerprint density at radius 2 is 1.85 bits per heavy atom. The zero-order valence-corrected chi connectivity index (χ0v) is 8.59. The predicted molar refractivity (Wildman–Crippen MR) is 57.9 cm³/mol. The van der Waals surface area contributed by atoms with Crippen LogP contribution in [0, 0.1) is 0 Å². The first-order chi connectivity index (χ1) is 6.29. The third kappa shape index (κ3) is 4.69. The predicted octanol–water partition coefficient (Wildman–Crippen LogP) is 2.62. The zero-order valence-electron chi connectivity index (χ0n) is 8.59. The highest BCUT2D eigenvalue weighted by molar-refractivity contribution is 5.14. The fourth-order valence-corrected chi connectivity index (χ4v) is 1.33. The van der Waals surface area contributed by atoms with E-state index in [2.05, 4.69) is 49.5 Å². The molecule has 0 radical (unpaired) electrons. The normalized spacial score (nSPS) is 10.7. The van der Waals surface area contributed by atoms with Crippen molar-refractivity contribution in [2.75, 3.05) is 6.54 Å². The highest BCUT2D eigenvalue weighted by Crippen LogP contribution is 2.01. The molecule has 1 rings (SSSR count). The molecule has 1 nitrogen and oxygen atoms in total. The quantitative estimate of drug-likeness (QED) is 0.682. The van der Waals surface area contributed by atoms with Crippen molar-refractivity contribution >= 4 is 0 Å². The van der Waals surface area contributed by atoms with E-state index in [1.807, 2.05) is 0 Å². The third-order valence-corrected chi connectivity index (χ3v) is 2.04. The van der Waals surface area contributed by atoms with Crippen molar-refractivity contribution < 1.29 is 0 Å². The van der Waals surface area contributed by atoms with Crippen LogP contribution in [0.25, 0.3) is 0 Å². The summed E-state index contributed by atoms with van der Waals surface area (Å²) in [6.45, 7) is 5.48. The molecule has 0 aliphatic carbocycles. The second-order valence-electron chi connectivity index (χ2n) is 3.70. The van der Waals surface area contributed by atoms with Gasteiger partial charge in [0.05, 0.1) is 0 Å². The molecule has 0 saturated carbocycles. The fourth-order valence-electron chi connectivity index (χ4n) is 1.33. The Kier molecular flexibility index (Phi) is 4.55. The van der Waals surface area contributed by atoms with E-state index in [1.54, 1.807) is 0 Å². The van der Waals surface area contributed by atoms with Gasteiger partial charge >= 0.3 is 0 Å². The molecule has 0 fully saturated rings. The molecule has 1 aromatic rings. The average molecular weight is 177 g/mol. The lowest BCUT2D eigenvalue weighted by Crippen LogP contribution is -2.23. The Bertz CT molecular complexity index is 216. The first-order valence-corrected chi connectivity index (χ1v) is 5.06. The Balaban J connectivity index is 2.13. The van der Waals surface area contributed by atoms with Crippen molar-refractivity contribution in [1.82, 2.24) is 5.32 Å². The largest absolute Gasteiger partial charge is 0.315 e. The highest BCUT2D eigenvalue weighted by Gasteiger charge is 1.93. The molecule has 1 heteroatoms. The van der Waals surface area contributed by atoms with Gasteiger partial charge in [-0.2, -0.15) is 0 Å². The first-order valence-electron chi connectivity index (χ1n) is 5.06. The van der Waals surface area contributed by atoms with Crippen LogP contribution in [-0.4, -0.2) is 12.6 Å². The van der Waals surface area contributed by atoms with E-state index in [1.165, 1.54) is 18.4 Å². The van der Waals surface area contributed by atoms with Crippen LogP contribution in [0.2, 0.25) is 0 Å². The molecular weight excluding hydrogens is 158 g/mol. The molecule has 1 aromatic carbocycles. The van der Waals surface area contributed by atoms with Crippen molar-refractivity contribution in [2.45, 2.75) is 32.7 Å². The maximum Gasteiger partial charge on any atom is 0.00103 e. The number of aryl methyl sites for hydroxylation is 1. The Hall–Kier alpha value is -0.820. The molecule has 72 valence electrons. The van der Waals surface area contributed by atoms with Gasteiger partial charge in [-0.05, 0) is 24.9 Å². The lowest BCUT2D eigenvalue weighted by atomic mass is 10.1. The van der Waals surface area contributed by atoms with Gasteiger partial charge in [-0.3, -0.25) is 0 Å². The number of rotatable bonds is 5. The Morgan fingerprint density at radius 1 is 1.15 bits per heavy atom. The van der Waals surface area contributed by atoms with Gasteiger partial charge in [-0.15, -0.1) is 0 Å². The summed E-state index contributed by atoms with van der Waals surface area (Å²) < 4.78 is 0. The van der Waals surface area contributed by atoms with Crippen molar-refractivity contribution in [3.05, 3.63) is 35.9 Å². The van der Waals surface area contributed by atoms with E-state index in [0.29, 0.717) is 6.04 Å². The molecule has 0 amide bonds. The Labute approximate surface area is 81.2 Å². The molecule has 0 aliphatic rings. The van der Waals surface area contributed by atoms with Crippen LogP contribution in [0.15, 0.2) is 30.3 Å². The lowest BCUT2D eigenvalue weighted by molar-refractivity contribution is 0.570. The van der Waals surface area contributed by atoms with Gasteiger partial charge in [0.25, 0.3) is 0 Å². The summed E-state index contributed by atoms with van der Waals surface area (Å²) in [4.78, 5) is 0. The second kappa shape index (κ2) is 5.76. The van der Waals surface area contributed by atoms with Gasteiger partial charge in [0.1, 0.15) is 0 Å². The van der Waals surface area contributed by atoms with Crippen LogP contribution in [0.5, 0.6) is 0 Å². The van der Waals surface area contributed by atoms with E-state index in [-0.39, 0.29) is 0 Å². The van der Waals surface area contributed by atoms with Gasteiger partial charge in [0.15, 0.2) is 0 Å².